The number of nitrogens with zero attached hydrogens (tertiary/aromatic N) is 1. The van der Waals surface area contributed by atoms with Gasteiger partial charge in [0.1, 0.15) is 0 Å². The molecule has 1 aromatic rings. The molecule has 1 N–H and O–H groups in total. The lowest BCUT2D eigenvalue weighted by atomic mass is 10.2. The summed E-state index contributed by atoms with van der Waals surface area (Å²) in [6.45, 7) is 1.98. The summed E-state index contributed by atoms with van der Waals surface area (Å²) >= 11 is 0. The first kappa shape index (κ1) is 5.95. The van der Waals surface area contributed by atoms with Crippen molar-refractivity contribution in [2.75, 3.05) is 0 Å². The van der Waals surface area contributed by atoms with Gasteiger partial charge in [-0.3, -0.25) is 0 Å². The first-order chi connectivity index (χ1) is 4.33. The van der Waals surface area contributed by atoms with Gasteiger partial charge in [0.25, 0.3) is 0 Å². The molecule has 0 aliphatic carbocycles. The molecule has 1 rings (SSSR count). The number of hydrogen-bond donors (Lipinski definition) is 1. The van der Waals surface area contributed by atoms with Crippen molar-refractivity contribution in [3.05, 3.63) is 29.8 Å². The van der Waals surface area contributed by atoms with Crippen LogP contribution in [0.4, 0.5) is 5.69 Å². The molecule has 0 spiro atoms. The second-order valence-corrected chi connectivity index (χ2v) is 1.95. The van der Waals surface area contributed by atoms with E-state index in [1.165, 1.54) is 0 Å². The lowest BCUT2D eigenvalue weighted by Crippen LogP contribution is -1.66. The molecular weight excluding hydrogens is 112 g/mol. The largest absolute Gasteiger partial charge is 0.204 e. The summed E-state index contributed by atoms with van der Waals surface area (Å²) in [5, 5.41) is 3.28. The third-order valence-electron chi connectivity index (χ3n) is 1.13. The maximum Gasteiger partial charge on any atom is 0.0852 e. The minimum absolute atomic E-state index is 0.718. The number of rotatable bonds is 1. The third kappa shape index (κ3) is 1.35. The summed E-state index contributed by atoms with van der Waals surface area (Å²) in [5.74, 6) is 0. The fourth-order valence-corrected chi connectivity index (χ4v) is 0.698. The predicted octanol–water partition coefficient (Wildman–Crippen LogP) is 2.66. The van der Waals surface area contributed by atoms with Crippen LogP contribution in [0, 0.1) is 12.5 Å². The van der Waals surface area contributed by atoms with Crippen LogP contribution in [0.1, 0.15) is 5.56 Å². The summed E-state index contributed by atoms with van der Waals surface area (Å²) in [5.41, 5.74) is 8.53. The topological polar surface area (TPSA) is 36.2 Å². The van der Waals surface area contributed by atoms with Crippen molar-refractivity contribution in [2.45, 2.75) is 6.92 Å². The van der Waals surface area contributed by atoms with Crippen molar-refractivity contribution in [2.24, 2.45) is 5.11 Å². The van der Waals surface area contributed by atoms with E-state index in [9.17, 15) is 0 Å². The Bertz CT molecular complexity index is 218. The van der Waals surface area contributed by atoms with E-state index in [1.807, 2.05) is 25.1 Å². The first-order valence-corrected chi connectivity index (χ1v) is 2.77. The van der Waals surface area contributed by atoms with Gasteiger partial charge in [-0.1, -0.05) is 12.1 Å². The molecular formula is C7H8N2. The Balaban J connectivity index is 3.07. The number of benzene rings is 1. The van der Waals surface area contributed by atoms with Gasteiger partial charge in [-0.25, -0.2) is 5.53 Å². The summed E-state index contributed by atoms with van der Waals surface area (Å²) in [7, 11) is 0. The highest BCUT2D eigenvalue weighted by Crippen LogP contribution is 2.11. The van der Waals surface area contributed by atoms with Crippen LogP contribution in [0.15, 0.2) is 29.4 Å². The van der Waals surface area contributed by atoms with Crippen molar-refractivity contribution in [3.8, 4) is 0 Å². The minimum Gasteiger partial charge on any atom is -0.204 e. The summed E-state index contributed by atoms with van der Waals surface area (Å²) in [6.07, 6.45) is 0. The van der Waals surface area contributed by atoms with Crippen molar-refractivity contribution in [3.63, 3.8) is 0 Å². The average Bonchev–Trinajstić information content (AvgIpc) is 1.88. The van der Waals surface area contributed by atoms with E-state index in [4.69, 9.17) is 5.53 Å². The molecule has 0 saturated heterocycles. The standard InChI is InChI=1S/C7H8N2/c1-6-3-2-4-7(5-6)9-8/h2-5,8H,1H3. The van der Waals surface area contributed by atoms with Crippen molar-refractivity contribution >= 4 is 5.69 Å². The molecule has 0 aliphatic heterocycles. The van der Waals surface area contributed by atoms with Crippen LogP contribution in [0.2, 0.25) is 0 Å². The maximum atomic E-state index is 6.67. The van der Waals surface area contributed by atoms with Crippen LogP contribution in [0.25, 0.3) is 0 Å². The van der Waals surface area contributed by atoms with E-state index >= 15 is 0 Å². The van der Waals surface area contributed by atoms with Crippen LogP contribution in [-0.2, 0) is 0 Å². The smallest absolute Gasteiger partial charge is 0.0852 e. The molecule has 0 heterocycles. The highest BCUT2D eigenvalue weighted by molar-refractivity contribution is 5.38. The highest BCUT2D eigenvalue weighted by atomic mass is 14.9. The second kappa shape index (κ2) is 2.40. The predicted molar refractivity (Wildman–Crippen MR) is 36.0 cm³/mol. The summed E-state index contributed by atoms with van der Waals surface area (Å²) < 4.78 is 0. The lowest BCUT2D eigenvalue weighted by Gasteiger charge is -1.90. The third-order valence-corrected chi connectivity index (χ3v) is 1.13. The number of nitrogens with one attached hydrogen (secondary N) is 1. The van der Waals surface area contributed by atoms with Crippen LogP contribution < -0.4 is 0 Å². The number of hydrogen-bond acceptors (Lipinski definition) is 2. The molecule has 0 fully saturated rings. The first-order valence-electron chi connectivity index (χ1n) is 2.77. The van der Waals surface area contributed by atoms with E-state index in [-0.39, 0.29) is 0 Å². The van der Waals surface area contributed by atoms with Gasteiger partial charge in [0.2, 0.25) is 0 Å². The van der Waals surface area contributed by atoms with E-state index in [2.05, 4.69) is 5.11 Å². The van der Waals surface area contributed by atoms with Gasteiger partial charge in [0.15, 0.2) is 0 Å². The molecule has 0 aromatic heterocycles. The van der Waals surface area contributed by atoms with Gasteiger partial charge in [0, 0.05) is 0 Å². The summed E-state index contributed by atoms with van der Waals surface area (Å²) in [4.78, 5) is 0. The normalized spacial score (nSPS) is 9.00. The zero-order valence-electron chi connectivity index (χ0n) is 5.26. The average molecular weight is 120 g/mol. The molecule has 0 atom stereocenters. The summed E-state index contributed by atoms with van der Waals surface area (Å²) in [6, 6.07) is 7.55. The fraction of sp³-hybridized carbons (Fsp3) is 0.143. The quantitative estimate of drug-likeness (QED) is 0.553. The molecule has 2 nitrogen and oxygen atoms in total. The minimum atomic E-state index is 0.718. The van der Waals surface area contributed by atoms with Gasteiger partial charge >= 0.3 is 0 Å². The Morgan fingerprint density at radius 3 is 2.67 bits per heavy atom. The zero-order chi connectivity index (χ0) is 6.69. The second-order valence-electron chi connectivity index (χ2n) is 1.95. The highest BCUT2D eigenvalue weighted by Gasteiger charge is 1.85. The Morgan fingerprint density at radius 1 is 1.44 bits per heavy atom. The Kier molecular flexibility index (Phi) is 1.58. The van der Waals surface area contributed by atoms with Crippen molar-refractivity contribution in [1.29, 1.82) is 5.53 Å². The Morgan fingerprint density at radius 2 is 2.22 bits per heavy atom. The van der Waals surface area contributed by atoms with Crippen LogP contribution >= 0.6 is 0 Å². The molecule has 0 unspecified atom stereocenters. The van der Waals surface area contributed by atoms with E-state index in [0.717, 1.165) is 11.3 Å². The molecule has 0 radical (unpaired) electrons. The zero-order valence-corrected chi connectivity index (χ0v) is 5.26. The Labute approximate surface area is 54.0 Å². The van der Waals surface area contributed by atoms with Crippen LogP contribution in [0.3, 0.4) is 0 Å². The molecule has 0 bridgehead atoms. The molecule has 0 aliphatic rings. The SMILES string of the molecule is Cc1cccc(N=N)c1. The van der Waals surface area contributed by atoms with E-state index < -0.39 is 0 Å². The lowest BCUT2D eigenvalue weighted by molar-refractivity contribution is 1.14. The van der Waals surface area contributed by atoms with Crippen molar-refractivity contribution < 1.29 is 0 Å². The molecule has 0 saturated carbocycles. The fourth-order valence-electron chi connectivity index (χ4n) is 0.698. The number of aryl methyl sites for hydroxylation is 1. The van der Waals surface area contributed by atoms with Crippen LogP contribution in [-0.4, -0.2) is 0 Å². The van der Waals surface area contributed by atoms with Gasteiger partial charge in [-0.2, -0.15) is 5.11 Å². The Hall–Kier alpha value is -1.18. The molecule has 1 aromatic carbocycles. The molecule has 0 amide bonds. The van der Waals surface area contributed by atoms with Gasteiger partial charge < -0.3 is 0 Å². The van der Waals surface area contributed by atoms with E-state index in [1.54, 1.807) is 6.07 Å². The van der Waals surface area contributed by atoms with Gasteiger partial charge in [0.05, 0.1) is 5.69 Å². The maximum absolute atomic E-state index is 6.67. The molecule has 9 heavy (non-hydrogen) atoms. The van der Waals surface area contributed by atoms with Gasteiger partial charge in [-0.05, 0) is 24.6 Å². The molecule has 46 valence electrons. The van der Waals surface area contributed by atoms with E-state index in [0.29, 0.717) is 0 Å². The van der Waals surface area contributed by atoms with Crippen molar-refractivity contribution in [1.82, 2.24) is 0 Å². The monoisotopic (exact) mass is 120 g/mol. The molecule has 2 heteroatoms. The van der Waals surface area contributed by atoms with Crippen LogP contribution in [0.5, 0.6) is 0 Å². The van der Waals surface area contributed by atoms with Gasteiger partial charge in [-0.15, -0.1) is 0 Å².